The standard InChI is InChI=1S/C18H25N5O3S.HI/c1-3-25-18(24)23-8-6-13(7-9-23)22-17(19-2)20-11-14-12-26-16(21-14)15-5-4-10-27-15;/h4-5,10,12-13H,3,6-9,11H2,1-2H3,(H2,19,20,22);1H. The third-order valence-electron chi connectivity index (χ3n) is 4.31. The van der Waals surface area contributed by atoms with Crippen LogP contribution in [0.5, 0.6) is 0 Å². The van der Waals surface area contributed by atoms with Gasteiger partial charge < -0.3 is 24.7 Å². The number of oxazole rings is 1. The number of carbonyl (C=O) groups excluding carboxylic acids is 1. The van der Waals surface area contributed by atoms with E-state index in [2.05, 4.69) is 20.6 Å². The van der Waals surface area contributed by atoms with Crippen molar-refractivity contribution >= 4 is 47.4 Å². The molecule has 1 aliphatic rings. The molecule has 0 aliphatic carbocycles. The van der Waals surface area contributed by atoms with Gasteiger partial charge in [0.2, 0.25) is 5.89 Å². The van der Waals surface area contributed by atoms with E-state index in [1.54, 1.807) is 29.5 Å². The summed E-state index contributed by atoms with van der Waals surface area (Å²) in [6.07, 6.45) is 3.14. The number of aromatic nitrogens is 1. The number of hydrogen-bond donors (Lipinski definition) is 2. The van der Waals surface area contributed by atoms with Crippen molar-refractivity contribution in [3.05, 3.63) is 29.5 Å². The predicted molar refractivity (Wildman–Crippen MR) is 120 cm³/mol. The van der Waals surface area contributed by atoms with E-state index in [1.165, 1.54) is 0 Å². The number of nitrogens with zero attached hydrogens (tertiary/aromatic N) is 3. The molecule has 0 bridgehead atoms. The molecule has 0 unspecified atom stereocenters. The summed E-state index contributed by atoms with van der Waals surface area (Å²) < 4.78 is 10.6. The first-order chi connectivity index (χ1) is 13.2. The van der Waals surface area contributed by atoms with Crippen LogP contribution in [0.15, 0.2) is 33.2 Å². The normalized spacial score (nSPS) is 15.1. The van der Waals surface area contributed by atoms with Crippen LogP contribution in [0.1, 0.15) is 25.5 Å². The van der Waals surface area contributed by atoms with Gasteiger partial charge in [0.25, 0.3) is 0 Å². The molecule has 0 aromatic carbocycles. The van der Waals surface area contributed by atoms with Crippen molar-refractivity contribution in [1.82, 2.24) is 20.5 Å². The predicted octanol–water partition coefficient (Wildman–Crippen LogP) is 3.31. The first-order valence-corrected chi connectivity index (χ1v) is 9.94. The van der Waals surface area contributed by atoms with Crippen molar-refractivity contribution in [1.29, 1.82) is 0 Å². The number of thiophene rings is 1. The summed E-state index contributed by atoms with van der Waals surface area (Å²) in [5, 5.41) is 8.66. The number of ether oxygens (including phenoxy) is 1. The van der Waals surface area contributed by atoms with Crippen LogP contribution < -0.4 is 10.6 Å². The highest BCUT2D eigenvalue weighted by Crippen LogP contribution is 2.23. The Morgan fingerprint density at radius 2 is 2.25 bits per heavy atom. The van der Waals surface area contributed by atoms with E-state index in [4.69, 9.17) is 9.15 Å². The Labute approximate surface area is 185 Å². The van der Waals surface area contributed by atoms with Crippen LogP contribution in [-0.2, 0) is 11.3 Å². The van der Waals surface area contributed by atoms with Gasteiger partial charge in [0.15, 0.2) is 5.96 Å². The Bertz CT molecular complexity index is 757. The zero-order valence-corrected chi connectivity index (χ0v) is 19.2. The minimum absolute atomic E-state index is 0. The Morgan fingerprint density at radius 3 is 2.89 bits per heavy atom. The monoisotopic (exact) mass is 519 g/mol. The van der Waals surface area contributed by atoms with Gasteiger partial charge in [0.1, 0.15) is 6.26 Å². The largest absolute Gasteiger partial charge is 0.450 e. The molecule has 154 valence electrons. The minimum atomic E-state index is -0.231. The van der Waals surface area contributed by atoms with E-state index < -0.39 is 0 Å². The lowest BCUT2D eigenvalue weighted by atomic mass is 10.1. The van der Waals surface area contributed by atoms with Gasteiger partial charge in [-0.15, -0.1) is 35.3 Å². The molecular formula is C18H26IN5O3S. The number of nitrogens with one attached hydrogen (secondary N) is 2. The van der Waals surface area contributed by atoms with Crippen molar-refractivity contribution in [3.63, 3.8) is 0 Å². The van der Waals surface area contributed by atoms with Crippen molar-refractivity contribution in [2.45, 2.75) is 32.4 Å². The maximum Gasteiger partial charge on any atom is 0.409 e. The summed E-state index contributed by atoms with van der Waals surface area (Å²) in [5.41, 5.74) is 0.818. The number of aliphatic imine (C=N–C) groups is 1. The Balaban J connectivity index is 0.00000280. The van der Waals surface area contributed by atoms with Gasteiger partial charge in [-0.2, -0.15) is 0 Å². The topological polar surface area (TPSA) is 92.0 Å². The van der Waals surface area contributed by atoms with Gasteiger partial charge in [-0.1, -0.05) is 6.07 Å². The molecule has 1 amide bonds. The lowest BCUT2D eigenvalue weighted by Gasteiger charge is -2.32. The summed E-state index contributed by atoms with van der Waals surface area (Å²) in [7, 11) is 1.74. The first-order valence-electron chi connectivity index (χ1n) is 9.06. The molecular weight excluding hydrogens is 493 g/mol. The molecule has 0 radical (unpaired) electrons. The maximum atomic E-state index is 11.8. The number of rotatable bonds is 5. The number of amides is 1. The number of halogens is 1. The highest BCUT2D eigenvalue weighted by atomic mass is 127. The van der Waals surface area contributed by atoms with Crippen LogP contribution in [0.4, 0.5) is 4.79 Å². The van der Waals surface area contributed by atoms with Gasteiger partial charge in [0.05, 0.1) is 23.7 Å². The summed E-state index contributed by atoms with van der Waals surface area (Å²) in [5.74, 6) is 1.35. The molecule has 3 rings (SSSR count). The van der Waals surface area contributed by atoms with Gasteiger partial charge in [-0.3, -0.25) is 4.99 Å². The highest BCUT2D eigenvalue weighted by molar-refractivity contribution is 14.0. The van der Waals surface area contributed by atoms with Crippen molar-refractivity contribution < 1.29 is 13.9 Å². The molecule has 0 saturated carbocycles. The number of hydrogen-bond acceptors (Lipinski definition) is 6. The number of piperidine rings is 1. The minimum Gasteiger partial charge on any atom is -0.450 e. The van der Waals surface area contributed by atoms with E-state index in [0.29, 0.717) is 38.1 Å². The van der Waals surface area contributed by atoms with E-state index in [0.717, 1.165) is 23.4 Å². The molecule has 1 fully saturated rings. The number of carbonyl (C=O) groups is 1. The molecule has 10 heteroatoms. The molecule has 2 aromatic rings. The maximum absolute atomic E-state index is 11.8. The summed E-state index contributed by atoms with van der Waals surface area (Å²) in [4.78, 5) is 23.3. The molecule has 0 spiro atoms. The van der Waals surface area contributed by atoms with Gasteiger partial charge in [-0.05, 0) is 31.2 Å². The van der Waals surface area contributed by atoms with Gasteiger partial charge >= 0.3 is 6.09 Å². The third kappa shape index (κ3) is 6.09. The smallest absolute Gasteiger partial charge is 0.409 e. The summed E-state index contributed by atoms with van der Waals surface area (Å²) >= 11 is 1.60. The quantitative estimate of drug-likeness (QED) is 0.358. The van der Waals surface area contributed by atoms with E-state index in [9.17, 15) is 4.79 Å². The average molecular weight is 519 g/mol. The SMILES string of the molecule is CCOC(=O)N1CCC(NC(=NC)NCc2coc(-c3cccs3)n2)CC1.I. The lowest BCUT2D eigenvalue weighted by molar-refractivity contribution is 0.0963. The number of guanidine groups is 1. The molecule has 2 aromatic heterocycles. The second kappa shape index (κ2) is 11.2. The van der Waals surface area contributed by atoms with Crippen LogP contribution >= 0.6 is 35.3 Å². The Hall–Kier alpha value is -1.82. The molecule has 3 heterocycles. The van der Waals surface area contributed by atoms with Crippen LogP contribution in [0.2, 0.25) is 0 Å². The van der Waals surface area contributed by atoms with Crippen LogP contribution in [-0.4, -0.2) is 54.7 Å². The fraction of sp³-hybridized carbons (Fsp3) is 0.500. The molecule has 2 N–H and O–H groups in total. The fourth-order valence-corrected chi connectivity index (χ4v) is 3.54. The Kier molecular flexibility index (Phi) is 9.03. The van der Waals surface area contributed by atoms with E-state index in [-0.39, 0.29) is 36.1 Å². The zero-order chi connectivity index (χ0) is 19.1. The van der Waals surface area contributed by atoms with Gasteiger partial charge in [-0.25, -0.2) is 9.78 Å². The van der Waals surface area contributed by atoms with Gasteiger partial charge in [0, 0.05) is 26.2 Å². The highest BCUT2D eigenvalue weighted by Gasteiger charge is 2.24. The molecule has 28 heavy (non-hydrogen) atoms. The zero-order valence-electron chi connectivity index (χ0n) is 16.0. The molecule has 0 atom stereocenters. The van der Waals surface area contributed by atoms with Crippen LogP contribution in [0.25, 0.3) is 10.8 Å². The van der Waals surface area contributed by atoms with Crippen molar-refractivity contribution in [3.8, 4) is 10.8 Å². The van der Waals surface area contributed by atoms with Crippen molar-refractivity contribution in [2.75, 3.05) is 26.7 Å². The fourth-order valence-electron chi connectivity index (χ4n) is 2.89. The third-order valence-corrected chi connectivity index (χ3v) is 5.16. The number of likely N-dealkylation sites (tertiary alicyclic amines) is 1. The lowest BCUT2D eigenvalue weighted by Crippen LogP contribution is -2.49. The second-order valence-electron chi connectivity index (χ2n) is 6.15. The first kappa shape index (κ1) is 22.5. The molecule has 1 aliphatic heterocycles. The van der Waals surface area contributed by atoms with Crippen molar-refractivity contribution in [2.24, 2.45) is 4.99 Å². The molecule has 8 nitrogen and oxygen atoms in total. The van der Waals surface area contributed by atoms with E-state index in [1.807, 2.05) is 24.4 Å². The van der Waals surface area contributed by atoms with E-state index >= 15 is 0 Å². The Morgan fingerprint density at radius 1 is 1.46 bits per heavy atom. The average Bonchev–Trinajstić information content (AvgIpc) is 3.37. The summed E-state index contributed by atoms with van der Waals surface area (Å²) in [6, 6.07) is 4.22. The van der Waals surface area contributed by atoms with Crippen LogP contribution in [0, 0.1) is 0 Å². The molecule has 1 saturated heterocycles. The van der Waals surface area contributed by atoms with Crippen LogP contribution in [0.3, 0.4) is 0 Å². The second-order valence-corrected chi connectivity index (χ2v) is 7.10. The summed E-state index contributed by atoms with van der Waals surface area (Å²) in [6.45, 7) is 4.11.